The van der Waals surface area contributed by atoms with E-state index in [1.54, 1.807) is 42.3 Å². The first-order valence-electron chi connectivity index (χ1n) is 9.17. The van der Waals surface area contributed by atoms with Gasteiger partial charge >= 0.3 is 0 Å². The summed E-state index contributed by atoms with van der Waals surface area (Å²) < 4.78 is 24.2. The highest BCUT2D eigenvalue weighted by molar-refractivity contribution is 6.05. The third kappa shape index (κ3) is 4.24. The van der Waals surface area contributed by atoms with Crippen LogP contribution in [0.1, 0.15) is 24.8 Å². The van der Waals surface area contributed by atoms with Crippen LogP contribution in [-0.2, 0) is 9.59 Å². The molecule has 1 heterocycles. The van der Waals surface area contributed by atoms with Crippen LogP contribution in [0.2, 0.25) is 0 Å². The quantitative estimate of drug-likeness (QED) is 0.757. The average molecular weight is 386 g/mol. The maximum absolute atomic E-state index is 13.6. The molecule has 28 heavy (non-hydrogen) atoms. The van der Waals surface area contributed by atoms with Gasteiger partial charge in [-0.1, -0.05) is 18.2 Å². The lowest BCUT2D eigenvalue weighted by molar-refractivity contribution is -0.133. The minimum atomic E-state index is -0.532. The molecule has 0 spiro atoms. The molecule has 2 aromatic rings. The molecule has 0 saturated carbocycles. The normalized spacial score (nSPS) is 15.0. The molecule has 2 aromatic carbocycles. The minimum Gasteiger partial charge on any atom is -0.497 e. The Labute approximate surface area is 163 Å². The van der Waals surface area contributed by atoms with Crippen LogP contribution in [-0.4, -0.2) is 43.5 Å². The zero-order chi connectivity index (χ0) is 20.1. The Morgan fingerprint density at radius 2 is 2.04 bits per heavy atom. The van der Waals surface area contributed by atoms with E-state index in [2.05, 4.69) is 5.32 Å². The molecular weight excluding hydrogens is 363 g/mol. The fourth-order valence-corrected chi connectivity index (χ4v) is 3.23. The highest BCUT2D eigenvalue weighted by Crippen LogP contribution is 2.37. The number of nitrogens with zero attached hydrogens (tertiary/aromatic N) is 1. The Hall–Kier alpha value is -3.09. The number of ether oxygens (including phenoxy) is 2. The number of halogens is 1. The van der Waals surface area contributed by atoms with Crippen molar-refractivity contribution in [3.8, 4) is 11.5 Å². The van der Waals surface area contributed by atoms with E-state index in [0.29, 0.717) is 24.5 Å². The molecule has 0 unspecified atom stereocenters. The molecule has 0 fully saturated rings. The third-order valence-corrected chi connectivity index (χ3v) is 4.78. The Morgan fingerprint density at radius 1 is 1.25 bits per heavy atom. The van der Waals surface area contributed by atoms with Gasteiger partial charge in [0.05, 0.1) is 19.6 Å². The number of benzene rings is 2. The summed E-state index contributed by atoms with van der Waals surface area (Å²) in [5, 5.41) is 2.80. The van der Waals surface area contributed by atoms with E-state index in [1.165, 1.54) is 6.07 Å². The van der Waals surface area contributed by atoms with Crippen molar-refractivity contribution in [3.63, 3.8) is 0 Å². The third-order valence-electron chi connectivity index (χ3n) is 4.78. The molecule has 0 radical (unpaired) electrons. The maximum atomic E-state index is 13.6. The van der Waals surface area contributed by atoms with E-state index in [1.807, 2.05) is 13.0 Å². The molecule has 7 heteroatoms. The van der Waals surface area contributed by atoms with Crippen LogP contribution in [0.4, 0.5) is 10.1 Å². The smallest absolute Gasteiger partial charge is 0.232 e. The van der Waals surface area contributed by atoms with E-state index >= 15 is 0 Å². The zero-order valence-electron chi connectivity index (χ0n) is 15.9. The van der Waals surface area contributed by atoms with Crippen molar-refractivity contribution in [2.45, 2.75) is 19.3 Å². The van der Waals surface area contributed by atoms with Crippen molar-refractivity contribution in [1.29, 1.82) is 0 Å². The molecule has 3 rings (SSSR count). The Morgan fingerprint density at radius 3 is 2.75 bits per heavy atom. The monoisotopic (exact) mass is 386 g/mol. The molecule has 0 bridgehead atoms. The summed E-state index contributed by atoms with van der Waals surface area (Å²) in [4.78, 5) is 26.6. The van der Waals surface area contributed by atoms with Gasteiger partial charge < -0.3 is 19.7 Å². The number of anilines is 1. The van der Waals surface area contributed by atoms with Gasteiger partial charge in [0, 0.05) is 24.7 Å². The summed E-state index contributed by atoms with van der Waals surface area (Å²) in [5.41, 5.74) is 1.46. The Balaban J connectivity index is 1.60. The molecule has 1 aliphatic heterocycles. The SMILES string of the molecule is CCN(CCOc1ccccc1F)C(=O)C[C@@H]1C(=O)Nc2cc(OC)ccc21. The van der Waals surface area contributed by atoms with Crippen LogP contribution in [0.15, 0.2) is 42.5 Å². The van der Waals surface area contributed by atoms with E-state index < -0.39 is 11.7 Å². The van der Waals surface area contributed by atoms with Crippen LogP contribution < -0.4 is 14.8 Å². The number of fused-ring (bicyclic) bond motifs is 1. The molecule has 2 amide bonds. The van der Waals surface area contributed by atoms with Crippen molar-refractivity contribution >= 4 is 17.5 Å². The van der Waals surface area contributed by atoms with Crippen LogP contribution in [0, 0.1) is 5.82 Å². The highest BCUT2D eigenvalue weighted by atomic mass is 19.1. The topological polar surface area (TPSA) is 67.9 Å². The van der Waals surface area contributed by atoms with Gasteiger partial charge in [0.25, 0.3) is 0 Å². The summed E-state index contributed by atoms with van der Waals surface area (Å²) in [5.74, 6) is -0.518. The van der Waals surface area contributed by atoms with Crippen molar-refractivity contribution < 1.29 is 23.5 Å². The molecule has 1 N–H and O–H groups in total. The lowest BCUT2D eigenvalue weighted by Crippen LogP contribution is -2.36. The second-order valence-electron chi connectivity index (χ2n) is 6.45. The van der Waals surface area contributed by atoms with Gasteiger partial charge in [-0.15, -0.1) is 0 Å². The van der Waals surface area contributed by atoms with E-state index in [-0.39, 0.29) is 30.6 Å². The molecule has 148 valence electrons. The number of carbonyl (C=O) groups excluding carboxylic acids is 2. The summed E-state index contributed by atoms with van der Waals surface area (Å²) >= 11 is 0. The maximum Gasteiger partial charge on any atom is 0.232 e. The van der Waals surface area contributed by atoms with Gasteiger partial charge in [-0.2, -0.15) is 0 Å². The molecule has 6 nitrogen and oxygen atoms in total. The summed E-state index contributed by atoms with van der Waals surface area (Å²) in [6.07, 6.45) is 0.0682. The minimum absolute atomic E-state index is 0.0682. The number of para-hydroxylation sites is 1. The molecular formula is C21H23FN2O4. The fourth-order valence-electron chi connectivity index (χ4n) is 3.23. The van der Waals surface area contributed by atoms with Gasteiger partial charge in [-0.3, -0.25) is 9.59 Å². The predicted molar refractivity (Wildman–Crippen MR) is 103 cm³/mol. The fraction of sp³-hybridized carbons (Fsp3) is 0.333. The van der Waals surface area contributed by atoms with Gasteiger partial charge in [-0.25, -0.2) is 4.39 Å². The number of hydrogen-bond acceptors (Lipinski definition) is 4. The van der Waals surface area contributed by atoms with Crippen LogP contribution >= 0.6 is 0 Å². The van der Waals surface area contributed by atoms with Crippen LogP contribution in [0.25, 0.3) is 0 Å². The first-order valence-corrected chi connectivity index (χ1v) is 9.17. The Kier molecular flexibility index (Phi) is 6.13. The van der Waals surface area contributed by atoms with Gasteiger partial charge in [0.2, 0.25) is 11.8 Å². The average Bonchev–Trinajstić information content (AvgIpc) is 3.00. The van der Waals surface area contributed by atoms with E-state index in [0.717, 1.165) is 5.56 Å². The first kappa shape index (κ1) is 19.7. The van der Waals surface area contributed by atoms with Crippen LogP contribution in [0.3, 0.4) is 0 Å². The number of hydrogen-bond donors (Lipinski definition) is 1. The number of rotatable bonds is 8. The number of likely N-dealkylation sites (N-methyl/N-ethyl adjacent to an activating group) is 1. The summed E-state index contributed by atoms with van der Waals surface area (Å²) in [7, 11) is 1.56. The first-order chi connectivity index (χ1) is 13.5. The van der Waals surface area contributed by atoms with Gasteiger partial charge in [0.1, 0.15) is 12.4 Å². The molecule has 0 aromatic heterocycles. The van der Waals surface area contributed by atoms with E-state index in [4.69, 9.17) is 9.47 Å². The Bertz CT molecular complexity index is 871. The second kappa shape index (κ2) is 8.73. The molecule has 1 aliphatic rings. The lowest BCUT2D eigenvalue weighted by atomic mass is 9.96. The van der Waals surface area contributed by atoms with Crippen molar-refractivity contribution in [2.24, 2.45) is 0 Å². The van der Waals surface area contributed by atoms with Gasteiger partial charge in [-0.05, 0) is 30.7 Å². The van der Waals surface area contributed by atoms with Crippen molar-refractivity contribution in [2.75, 3.05) is 32.1 Å². The van der Waals surface area contributed by atoms with E-state index in [9.17, 15) is 14.0 Å². The predicted octanol–water partition coefficient (Wildman–Crippen LogP) is 3.19. The largest absolute Gasteiger partial charge is 0.497 e. The summed E-state index contributed by atoms with van der Waals surface area (Å²) in [6, 6.07) is 11.5. The molecule has 0 aliphatic carbocycles. The molecule has 1 atom stereocenters. The highest BCUT2D eigenvalue weighted by Gasteiger charge is 2.33. The number of methoxy groups -OCH3 is 1. The molecule has 0 saturated heterocycles. The van der Waals surface area contributed by atoms with Gasteiger partial charge in [0.15, 0.2) is 11.6 Å². The second-order valence-corrected chi connectivity index (χ2v) is 6.45. The van der Waals surface area contributed by atoms with Crippen molar-refractivity contribution in [1.82, 2.24) is 4.90 Å². The summed E-state index contributed by atoms with van der Waals surface area (Å²) in [6.45, 7) is 2.82. The van der Waals surface area contributed by atoms with Crippen molar-refractivity contribution in [3.05, 3.63) is 53.8 Å². The number of amides is 2. The number of nitrogens with one attached hydrogen (secondary N) is 1. The standard InChI is InChI=1S/C21H23FN2O4/c1-3-24(10-11-28-19-7-5-4-6-17(19)22)20(25)13-16-15-9-8-14(27-2)12-18(15)23-21(16)26/h4-9,12,16H,3,10-11,13H2,1-2H3,(H,23,26)/t16-/m0/s1. The van der Waals surface area contributed by atoms with Crippen LogP contribution in [0.5, 0.6) is 11.5 Å². The number of carbonyl (C=O) groups is 2. The zero-order valence-corrected chi connectivity index (χ0v) is 15.9. The lowest BCUT2D eigenvalue weighted by Gasteiger charge is -2.22.